The van der Waals surface area contributed by atoms with Crippen LogP contribution in [0.2, 0.25) is 0 Å². The Hall–Kier alpha value is -0.210. The fraction of sp³-hybridized carbons (Fsp3) is 1.00. The van der Waals surface area contributed by atoms with E-state index in [-0.39, 0.29) is 38.7 Å². The molecule has 6 nitrogen and oxygen atoms in total. The molecule has 0 rings (SSSR count). The molecule has 0 bridgehead atoms. The standard InChI is InChI=1S/C6H15NO5S/c7-1-6-13(9,10)12-5-4-11-3-2-8/h8H,1-7H2. The average molecular weight is 213 g/mol. The smallest absolute Gasteiger partial charge is 0.268 e. The highest BCUT2D eigenvalue weighted by atomic mass is 32.2. The molecule has 80 valence electrons. The maximum Gasteiger partial charge on any atom is 0.268 e. The van der Waals surface area contributed by atoms with E-state index in [2.05, 4.69) is 4.18 Å². The van der Waals surface area contributed by atoms with Crippen LogP contribution in [0.3, 0.4) is 0 Å². The molecule has 0 aliphatic heterocycles. The summed E-state index contributed by atoms with van der Waals surface area (Å²) in [5.41, 5.74) is 5.04. The highest BCUT2D eigenvalue weighted by molar-refractivity contribution is 7.86. The van der Waals surface area contributed by atoms with E-state index in [4.69, 9.17) is 15.6 Å². The van der Waals surface area contributed by atoms with Gasteiger partial charge < -0.3 is 15.6 Å². The number of rotatable bonds is 8. The Bertz CT molecular complexity index is 203. The lowest BCUT2D eigenvalue weighted by Crippen LogP contribution is -2.20. The van der Waals surface area contributed by atoms with E-state index in [9.17, 15) is 8.42 Å². The van der Waals surface area contributed by atoms with Crippen LogP contribution >= 0.6 is 0 Å². The van der Waals surface area contributed by atoms with E-state index in [1.165, 1.54) is 0 Å². The summed E-state index contributed by atoms with van der Waals surface area (Å²) in [6.07, 6.45) is 0. The normalized spacial score (nSPS) is 11.8. The second kappa shape index (κ2) is 7.22. The van der Waals surface area contributed by atoms with Gasteiger partial charge in [0.1, 0.15) is 0 Å². The molecule has 0 aromatic rings. The maximum absolute atomic E-state index is 10.9. The summed E-state index contributed by atoms with van der Waals surface area (Å²) in [5, 5.41) is 8.31. The summed E-state index contributed by atoms with van der Waals surface area (Å²) in [4.78, 5) is 0. The fourth-order valence-electron chi connectivity index (χ4n) is 0.590. The third-order valence-corrected chi connectivity index (χ3v) is 2.36. The predicted molar refractivity (Wildman–Crippen MR) is 46.7 cm³/mol. The van der Waals surface area contributed by atoms with Gasteiger partial charge in [0.25, 0.3) is 10.1 Å². The summed E-state index contributed by atoms with van der Waals surface area (Å²) >= 11 is 0. The molecule has 0 amide bonds. The first kappa shape index (κ1) is 12.8. The van der Waals surface area contributed by atoms with Gasteiger partial charge in [0.15, 0.2) is 0 Å². The van der Waals surface area contributed by atoms with Crippen LogP contribution in [0.15, 0.2) is 0 Å². The first-order chi connectivity index (χ1) is 6.12. The van der Waals surface area contributed by atoms with E-state index in [1.807, 2.05) is 0 Å². The lowest BCUT2D eigenvalue weighted by Gasteiger charge is -2.04. The molecule has 0 aliphatic rings. The molecule has 0 spiro atoms. The number of hydrogen-bond acceptors (Lipinski definition) is 6. The third kappa shape index (κ3) is 8.13. The molecule has 13 heavy (non-hydrogen) atoms. The topological polar surface area (TPSA) is 98.9 Å². The van der Waals surface area contributed by atoms with Crippen LogP contribution < -0.4 is 5.73 Å². The van der Waals surface area contributed by atoms with E-state index in [0.717, 1.165) is 0 Å². The van der Waals surface area contributed by atoms with Crippen molar-refractivity contribution in [2.75, 3.05) is 38.7 Å². The predicted octanol–water partition coefficient (Wildman–Crippen LogP) is -1.70. The molecular formula is C6H15NO5S. The zero-order valence-corrected chi connectivity index (χ0v) is 8.12. The largest absolute Gasteiger partial charge is 0.394 e. The van der Waals surface area contributed by atoms with Gasteiger partial charge in [0.05, 0.1) is 32.2 Å². The number of ether oxygens (including phenoxy) is 1. The number of aliphatic hydroxyl groups is 1. The molecule has 0 aliphatic carbocycles. The molecule has 0 radical (unpaired) electrons. The van der Waals surface area contributed by atoms with Crippen molar-refractivity contribution in [3.8, 4) is 0 Å². The Morgan fingerprint density at radius 3 is 2.46 bits per heavy atom. The monoisotopic (exact) mass is 213 g/mol. The van der Waals surface area contributed by atoms with Crippen LogP contribution in [-0.4, -0.2) is 52.2 Å². The molecule has 3 N–H and O–H groups in total. The van der Waals surface area contributed by atoms with Gasteiger partial charge in [-0.3, -0.25) is 4.18 Å². The Morgan fingerprint density at radius 2 is 1.92 bits per heavy atom. The molecule has 0 fully saturated rings. The molecule has 0 heterocycles. The van der Waals surface area contributed by atoms with Crippen molar-refractivity contribution in [2.45, 2.75) is 0 Å². The van der Waals surface area contributed by atoms with Crippen molar-refractivity contribution in [2.24, 2.45) is 5.73 Å². The third-order valence-electron chi connectivity index (χ3n) is 1.09. The number of hydrogen-bond donors (Lipinski definition) is 2. The minimum atomic E-state index is -3.49. The highest BCUT2D eigenvalue weighted by Gasteiger charge is 2.08. The highest BCUT2D eigenvalue weighted by Crippen LogP contribution is 1.91. The summed E-state index contributed by atoms with van der Waals surface area (Å²) in [5.74, 6) is -0.188. The summed E-state index contributed by atoms with van der Waals surface area (Å²) in [6, 6.07) is 0. The first-order valence-corrected chi connectivity index (χ1v) is 5.46. The molecule has 7 heteroatoms. The Kier molecular flexibility index (Phi) is 7.10. The van der Waals surface area contributed by atoms with Gasteiger partial charge in [0.2, 0.25) is 0 Å². The summed E-state index contributed by atoms with van der Waals surface area (Å²) < 4.78 is 31.0. The van der Waals surface area contributed by atoms with Crippen LogP contribution in [0, 0.1) is 0 Å². The summed E-state index contributed by atoms with van der Waals surface area (Å²) in [7, 11) is -3.49. The second-order valence-electron chi connectivity index (χ2n) is 2.21. The summed E-state index contributed by atoms with van der Waals surface area (Å²) in [6.45, 7) is 0.238. The minimum Gasteiger partial charge on any atom is -0.394 e. The van der Waals surface area contributed by atoms with Crippen LogP contribution in [-0.2, 0) is 19.0 Å². The number of aliphatic hydroxyl groups excluding tert-OH is 1. The van der Waals surface area contributed by atoms with Crippen molar-refractivity contribution in [3.05, 3.63) is 0 Å². The van der Waals surface area contributed by atoms with Crippen molar-refractivity contribution in [1.82, 2.24) is 0 Å². The van der Waals surface area contributed by atoms with Gasteiger partial charge >= 0.3 is 0 Å². The lowest BCUT2D eigenvalue weighted by atomic mass is 10.7. The van der Waals surface area contributed by atoms with Gasteiger partial charge in [-0.1, -0.05) is 0 Å². The van der Waals surface area contributed by atoms with Gasteiger partial charge in [-0.2, -0.15) is 8.42 Å². The van der Waals surface area contributed by atoms with Crippen LogP contribution in [0.25, 0.3) is 0 Å². The van der Waals surface area contributed by atoms with Gasteiger partial charge in [0, 0.05) is 6.54 Å². The lowest BCUT2D eigenvalue weighted by molar-refractivity contribution is 0.0719. The number of nitrogens with two attached hydrogens (primary N) is 1. The Morgan fingerprint density at radius 1 is 1.23 bits per heavy atom. The van der Waals surface area contributed by atoms with E-state index >= 15 is 0 Å². The molecule has 0 unspecified atom stereocenters. The quantitative estimate of drug-likeness (QED) is 0.368. The maximum atomic E-state index is 10.9. The van der Waals surface area contributed by atoms with Crippen LogP contribution in [0.5, 0.6) is 0 Å². The average Bonchev–Trinajstić information content (AvgIpc) is 2.04. The van der Waals surface area contributed by atoms with E-state index in [0.29, 0.717) is 0 Å². The van der Waals surface area contributed by atoms with Gasteiger partial charge in [-0.25, -0.2) is 0 Å². The molecule has 0 aromatic carbocycles. The van der Waals surface area contributed by atoms with E-state index in [1.54, 1.807) is 0 Å². The second-order valence-corrected chi connectivity index (χ2v) is 3.97. The Labute approximate surface area is 77.8 Å². The fourth-order valence-corrected chi connectivity index (χ4v) is 1.32. The molecule has 0 saturated heterocycles. The molecule has 0 atom stereocenters. The minimum absolute atomic E-state index is 0.0394. The van der Waals surface area contributed by atoms with Gasteiger partial charge in [-0.15, -0.1) is 0 Å². The van der Waals surface area contributed by atoms with Crippen LogP contribution in [0.4, 0.5) is 0 Å². The molecular weight excluding hydrogens is 198 g/mol. The SMILES string of the molecule is NCCS(=O)(=O)OCCOCCO. The first-order valence-electron chi connectivity index (χ1n) is 3.88. The zero-order chi connectivity index (χ0) is 10.2. The van der Waals surface area contributed by atoms with Crippen molar-refractivity contribution < 1.29 is 22.4 Å². The van der Waals surface area contributed by atoms with E-state index < -0.39 is 10.1 Å². The van der Waals surface area contributed by atoms with Crippen molar-refractivity contribution in [1.29, 1.82) is 0 Å². The van der Waals surface area contributed by atoms with Crippen molar-refractivity contribution >= 4 is 10.1 Å². The Balaban J connectivity index is 3.41. The van der Waals surface area contributed by atoms with Gasteiger partial charge in [-0.05, 0) is 0 Å². The van der Waals surface area contributed by atoms with Crippen LogP contribution in [0.1, 0.15) is 0 Å². The molecule has 0 aromatic heterocycles. The molecule has 0 saturated carbocycles. The van der Waals surface area contributed by atoms with Crippen molar-refractivity contribution in [3.63, 3.8) is 0 Å². The zero-order valence-electron chi connectivity index (χ0n) is 7.31.